The van der Waals surface area contributed by atoms with Crippen LogP contribution in [0, 0.1) is 0 Å². The van der Waals surface area contributed by atoms with E-state index in [1.807, 2.05) is 36.4 Å². The molecule has 8 heteroatoms. The second kappa shape index (κ2) is 9.22. The second-order valence-electron chi connectivity index (χ2n) is 7.22. The minimum atomic E-state index is -0.0446. The average Bonchev–Trinajstić information content (AvgIpc) is 2.80. The summed E-state index contributed by atoms with van der Waals surface area (Å²) in [5.41, 5.74) is 1.60. The molecule has 1 amide bonds. The Morgan fingerprint density at radius 3 is 2.61 bits per heavy atom. The predicted octanol–water partition coefficient (Wildman–Crippen LogP) is 4.59. The van der Waals surface area contributed by atoms with E-state index in [0.29, 0.717) is 35.4 Å². The number of halogens is 1. The van der Waals surface area contributed by atoms with Crippen molar-refractivity contribution < 1.29 is 14.3 Å². The third-order valence-electron chi connectivity index (χ3n) is 5.25. The van der Waals surface area contributed by atoms with Crippen molar-refractivity contribution in [3.05, 3.63) is 60.4 Å². The maximum absolute atomic E-state index is 11.8. The lowest BCUT2D eigenvalue weighted by Crippen LogP contribution is -2.41. The molecule has 0 radical (unpaired) electrons. The number of carbonyl (C=O) groups is 1. The van der Waals surface area contributed by atoms with E-state index in [2.05, 4.69) is 21.9 Å². The molecule has 2 heterocycles. The lowest BCUT2D eigenvalue weighted by Gasteiger charge is -2.31. The Morgan fingerprint density at radius 1 is 1.19 bits per heavy atom. The molecule has 1 saturated heterocycles. The lowest BCUT2D eigenvalue weighted by molar-refractivity contribution is -0.127. The molecule has 2 aromatic carbocycles. The van der Waals surface area contributed by atoms with Crippen LogP contribution in [0.5, 0.6) is 11.5 Å². The van der Waals surface area contributed by atoms with Crippen LogP contribution in [-0.4, -0.2) is 47.1 Å². The molecule has 0 atom stereocenters. The van der Waals surface area contributed by atoms with Gasteiger partial charge in [-0.05, 0) is 36.4 Å². The first-order chi connectivity index (χ1) is 15.1. The Balaban J connectivity index is 1.59. The fourth-order valence-corrected chi connectivity index (χ4v) is 3.71. The second-order valence-corrected chi connectivity index (χ2v) is 7.66. The van der Waals surface area contributed by atoms with Crippen molar-refractivity contribution in [2.45, 2.75) is 18.9 Å². The first-order valence-corrected chi connectivity index (χ1v) is 10.4. The number of hydrogen-bond acceptors (Lipinski definition) is 6. The molecule has 1 aliphatic rings. The van der Waals surface area contributed by atoms with E-state index in [-0.39, 0.29) is 12.0 Å². The molecule has 7 nitrogen and oxygen atoms in total. The molecule has 0 aliphatic carbocycles. The number of methoxy groups -OCH3 is 1. The number of likely N-dealkylation sites (tertiary alicyclic amines) is 1. The number of benzene rings is 2. The smallest absolute Gasteiger partial charge is 0.245 e. The molecule has 0 bridgehead atoms. The number of fused-ring (bicyclic) bond motifs is 1. The molecule has 160 valence electrons. The van der Waals surface area contributed by atoms with Crippen LogP contribution in [0.15, 0.2) is 55.4 Å². The van der Waals surface area contributed by atoms with Gasteiger partial charge in [-0.2, -0.15) is 0 Å². The number of hydrogen-bond donors (Lipinski definition) is 1. The minimum Gasteiger partial charge on any atom is -0.493 e. The highest BCUT2D eigenvalue weighted by atomic mass is 35.5. The van der Waals surface area contributed by atoms with E-state index >= 15 is 0 Å². The molecule has 1 aliphatic heterocycles. The van der Waals surface area contributed by atoms with Gasteiger partial charge in [0.05, 0.1) is 12.6 Å². The summed E-state index contributed by atoms with van der Waals surface area (Å²) in [6.07, 6.45) is 4.32. The number of amides is 1. The van der Waals surface area contributed by atoms with Crippen molar-refractivity contribution in [2.75, 3.05) is 25.5 Å². The Bertz CT molecular complexity index is 1100. The summed E-state index contributed by atoms with van der Waals surface area (Å²) in [7, 11) is 1.60. The van der Waals surface area contributed by atoms with Gasteiger partial charge in [0.2, 0.25) is 5.91 Å². The predicted molar refractivity (Wildman–Crippen MR) is 121 cm³/mol. The zero-order valence-electron chi connectivity index (χ0n) is 17.2. The monoisotopic (exact) mass is 438 g/mol. The first kappa shape index (κ1) is 20.9. The third-order valence-corrected chi connectivity index (χ3v) is 5.50. The van der Waals surface area contributed by atoms with Gasteiger partial charge in [0.1, 0.15) is 18.2 Å². The van der Waals surface area contributed by atoms with Crippen LogP contribution in [0.25, 0.3) is 10.9 Å². The number of nitrogens with one attached hydrogen (secondary N) is 1. The van der Waals surface area contributed by atoms with Crippen molar-refractivity contribution in [1.29, 1.82) is 0 Å². The average molecular weight is 439 g/mol. The molecular formula is C23H23ClN4O3. The summed E-state index contributed by atoms with van der Waals surface area (Å²) in [5, 5.41) is 4.79. The summed E-state index contributed by atoms with van der Waals surface area (Å²) < 4.78 is 11.8. The number of carbonyl (C=O) groups excluding carboxylic acids is 1. The lowest BCUT2D eigenvalue weighted by atomic mass is 10.1. The molecule has 0 unspecified atom stereocenters. The van der Waals surface area contributed by atoms with Crippen molar-refractivity contribution in [1.82, 2.24) is 14.9 Å². The summed E-state index contributed by atoms with van der Waals surface area (Å²) in [6, 6.07) is 11.1. The van der Waals surface area contributed by atoms with Crippen LogP contribution in [-0.2, 0) is 4.79 Å². The van der Waals surface area contributed by atoms with Crippen LogP contribution in [0.1, 0.15) is 12.8 Å². The molecular weight excluding hydrogens is 416 g/mol. The number of piperidine rings is 1. The van der Waals surface area contributed by atoms with Gasteiger partial charge in [-0.15, -0.1) is 0 Å². The number of nitrogens with zero attached hydrogens (tertiary/aromatic N) is 3. The van der Waals surface area contributed by atoms with Gasteiger partial charge in [-0.25, -0.2) is 9.97 Å². The Kier molecular flexibility index (Phi) is 6.23. The fraction of sp³-hybridized carbons (Fsp3) is 0.261. The van der Waals surface area contributed by atoms with Gasteiger partial charge in [0.25, 0.3) is 0 Å². The van der Waals surface area contributed by atoms with Crippen molar-refractivity contribution in [3.8, 4) is 11.5 Å². The van der Waals surface area contributed by atoms with Crippen molar-refractivity contribution in [3.63, 3.8) is 0 Å². The topological polar surface area (TPSA) is 76.6 Å². The Labute approximate surface area is 185 Å². The molecule has 1 aromatic heterocycles. The molecule has 0 spiro atoms. The molecule has 1 N–H and O–H groups in total. The number of rotatable bonds is 6. The van der Waals surface area contributed by atoms with E-state index in [1.165, 1.54) is 12.4 Å². The zero-order chi connectivity index (χ0) is 21.8. The first-order valence-electron chi connectivity index (χ1n) is 10.0. The third kappa shape index (κ3) is 4.72. The minimum absolute atomic E-state index is 0.0162. The van der Waals surface area contributed by atoms with Crippen molar-refractivity contribution in [2.24, 2.45) is 0 Å². The molecule has 0 saturated carbocycles. The molecule has 1 fully saturated rings. The summed E-state index contributed by atoms with van der Waals surface area (Å²) in [4.78, 5) is 22.4. The standard InChI is InChI=1S/C23H23ClN4O3/c1-3-22(29)28-10-8-17(9-11-28)31-21-12-18-19(13-20(21)30-2)25-14-26-23(18)27-16-6-4-15(24)5-7-16/h3-7,12-14,17H,1,8-11H2,2H3,(H,25,26,27). The number of aromatic nitrogens is 2. The fourth-order valence-electron chi connectivity index (χ4n) is 3.59. The summed E-state index contributed by atoms with van der Waals surface area (Å²) in [5.74, 6) is 1.84. The van der Waals surface area contributed by atoms with Crippen LogP contribution in [0.2, 0.25) is 5.02 Å². The Morgan fingerprint density at radius 2 is 1.94 bits per heavy atom. The van der Waals surface area contributed by atoms with E-state index in [1.54, 1.807) is 12.0 Å². The normalized spacial score (nSPS) is 14.3. The van der Waals surface area contributed by atoms with Crippen LogP contribution in [0.4, 0.5) is 11.5 Å². The van der Waals surface area contributed by atoms with E-state index in [0.717, 1.165) is 29.4 Å². The SMILES string of the molecule is C=CC(=O)N1CCC(Oc2cc3c(Nc4ccc(Cl)cc4)ncnc3cc2OC)CC1. The molecule has 31 heavy (non-hydrogen) atoms. The Hall–Kier alpha value is -3.32. The molecule has 3 aromatic rings. The van der Waals surface area contributed by atoms with Gasteiger partial charge >= 0.3 is 0 Å². The van der Waals surface area contributed by atoms with E-state index in [4.69, 9.17) is 21.1 Å². The largest absolute Gasteiger partial charge is 0.493 e. The highest BCUT2D eigenvalue weighted by Gasteiger charge is 2.24. The van der Waals surface area contributed by atoms with Gasteiger partial charge in [-0.3, -0.25) is 4.79 Å². The van der Waals surface area contributed by atoms with Gasteiger partial charge < -0.3 is 19.7 Å². The quantitative estimate of drug-likeness (QED) is 0.567. The van der Waals surface area contributed by atoms with E-state index in [9.17, 15) is 4.79 Å². The van der Waals surface area contributed by atoms with Crippen LogP contribution < -0.4 is 14.8 Å². The maximum atomic E-state index is 11.8. The van der Waals surface area contributed by atoms with Crippen molar-refractivity contribution >= 4 is 39.9 Å². The highest BCUT2D eigenvalue weighted by molar-refractivity contribution is 6.30. The maximum Gasteiger partial charge on any atom is 0.245 e. The molecule has 4 rings (SSSR count). The van der Waals surface area contributed by atoms with Crippen LogP contribution >= 0.6 is 11.6 Å². The van der Waals surface area contributed by atoms with E-state index < -0.39 is 0 Å². The van der Waals surface area contributed by atoms with Gasteiger partial charge in [0, 0.05) is 48.1 Å². The van der Waals surface area contributed by atoms with Crippen LogP contribution in [0.3, 0.4) is 0 Å². The van der Waals surface area contributed by atoms with Gasteiger partial charge in [-0.1, -0.05) is 18.2 Å². The summed E-state index contributed by atoms with van der Waals surface area (Å²) in [6.45, 7) is 4.83. The highest BCUT2D eigenvalue weighted by Crippen LogP contribution is 2.36. The zero-order valence-corrected chi connectivity index (χ0v) is 17.9. The number of ether oxygens (including phenoxy) is 2. The number of anilines is 2. The summed E-state index contributed by atoms with van der Waals surface area (Å²) >= 11 is 5.98. The van der Waals surface area contributed by atoms with Gasteiger partial charge in [0.15, 0.2) is 11.5 Å².